The summed E-state index contributed by atoms with van der Waals surface area (Å²) >= 11 is 0. The first kappa shape index (κ1) is 18.0. The second-order valence-corrected chi connectivity index (χ2v) is 8.11. The summed E-state index contributed by atoms with van der Waals surface area (Å²) in [6.45, 7) is 4.91. The van der Waals surface area contributed by atoms with Crippen molar-refractivity contribution in [2.45, 2.75) is 25.0 Å². The van der Waals surface area contributed by atoms with E-state index in [1.807, 2.05) is 17.8 Å². The minimum Gasteiger partial charge on any atom is -0.378 e. The molecule has 0 saturated carbocycles. The van der Waals surface area contributed by atoms with Crippen LogP contribution in [0.15, 0.2) is 18.3 Å². The number of morpholine rings is 2. The Morgan fingerprint density at radius 1 is 1.13 bits per heavy atom. The highest BCUT2D eigenvalue weighted by molar-refractivity contribution is 6.01. The van der Waals surface area contributed by atoms with Crippen LogP contribution in [0.1, 0.15) is 12.8 Å². The second-order valence-electron chi connectivity index (χ2n) is 8.11. The number of ether oxygens (including phenoxy) is 2. The maximum Gasteiger partial charge on any atom is 0.171 e. The standard InChI is InChI=1S/C20H26N8O2/c1-21-19-18-15(27-11-13-2-3-14(12-27)30-13)10-17(26-6-8-29-9-7-26)23-20(18)28(25-19)16-4-5-22-24-16/h4-5,10,13-14H,2-3,6-9,11-12H2,1H3,(H,21,25)(H,22,24). The van der Waals surface area contributed by atoms with Gasteiger partial charge in [0.25, 0.3) is 0 Å². The molecule has 3 aliphatic rings. The molecule has 2 unspecified atom stereocenters. The molecular formula is C20H26N8O2. The quantitative estimate of drug-likeness (QED) is 0.666. The monoisotopic (exact) mass is 410 g/mol. The van der Waals surface area contributed by atoms with Gasteiger partial charge in [0.05, 0.1) is 42.7 Å². The van der Waals surface area contributed by atoms with Crippen LogP contribution < -0.4 is 15.1 Å². The SMILES string of the molecule is CNc1nn(-c2ccn[nH]2)c2nc(N3CCOCC3)cc(N3CC4CCC(C3)O4)c12. The van der Waals surface area contributed by atoms with Gasteiger partial charge in [-0.15, -0.1) is 5.10 Å². The molecule has 2 bridgehead atoms. The third-order valence-corrected chi connectivity index (χ3v) is 6.27. The zero-order valence-electron chi connectivity index (χ0n) is 17.0. The van der Waals surface area contributed by atoms with E-state index in [2.05, 4.69) is 31.4 Å². The molecule has 0 spiro atoms. The lowest BCUT2D eigenvalue weighted by atomic mass is 10.2. The molecule has 0 radical (unpaired) electrons. The van der Waals surface area contributed by atoms with Crippen LogP contribution in [0.5, 0.6) is 0 Å². The van der Waals surface area contributed by atoms with Crippen molar-refractivity contribution in [3.63, 3.8) is 0 Å². The van der Waals surface area contributed by atoms with E-state index in [-0.39, 0.29) is 0 Å². The first-order valence-electron chi connectivity index (χ1n) is 10.6. The molecule has 0 amide bonds. The number of rotatable bonds is 4. The third kappa shape index (κ3) is 2.90. The van der Waals surface area contributed by atoms with Gasteiger partial charge in [-0.2, -0.15) is 9.78 Å². The Morgan fingerprint density at radius 2 is 1.93 bits per heavy atom. The van der Waals surface area contributed by atoms with E-state index < -0.39 is 0 Å². The fourth-order valence-corrected chi connectivity index (χ4v) is 4.81. The number of nitrogens with one attached hydrogen (secondary N) is 2. The van der Waals surface area contributed by atoms with Crippen molar-refractivity contribution in [2.24, 2.45) is 0 Å². The zero-order valence-corrected chi connectivity index (χ0v) is 17.0. The number of anilines is 3. The summed E-state index contributed by atoms with van der Waals surface area (Å²) in [5.74, 6) is 2.57. The van der Waals surface area contributed by atoms with Gasteiger partial charge in [0.1, 0.15) is 5.82 Å². The molecule has 3 fully saturated rings. The lowest BCUT2D eigenvalue weighted by Gasteiger charge is -2.35. The Kier molecular flexibility index (Phi) is 4.27. The largest absolute Gasteiger partial charge is 0.378 e. The molecule has 6 rings (SSSR count). The summed E-state index contributed by atoms with van der Waals surface area (Å²) in [7, 11) is 1.90. The number of H-pyrrole nitrogens is 1. The minimum absolute atomic E-state index is 0.305. The molecular weight excluding hydrogens is 384 g/mol. The fourth-order valence-electron chi connectivity index (χ4n) is 4.81. The summed E-state index contributed by atoms with van der Waals surface area (Å²) in [4.78, 5) is 9.81. The number of hydrogen-bond donors (Lipinski definition) is 2. The van der Waals surface area contributed by atoms with Gasteiger partial charge in [-0.05, 0) is 12.8 Å². The van der Waals surface area contributed by atoms with Gasteiger partial charge in [0, 0.05) is 45.4 Å². The van der Waals surface area contributed by atoms with Crippen LogP contribution in [-0.2, 0) is 9.47 Å². The molecule has 158 valence electrons. The van der Waals surface area contributed by atoms with E-state index >= 15 is 0 Å². The predicted octanol–water partition coefficient (Wildman–Crippen LogP) is 1.39. The fraction of sp³-hybridized carbons (Fsp3) is 0.550. The zero-order chi connectivity index (χ0) is 20.1. The van der Waals surface area contributed by atoms with Crippen molar-refractivity contribution in [1.82, 2.24) is 25.0 Å². The summed E-state index contributed by atoms with van der Waals surface area (Å²) in [5.41, 5.74) is 1.98. The lowest BCUT2D eigenvalue weighted by molar-refractivity contribution is 0.0306. The number of aromatic nitrogens is 5. The Bertz CT molecular complexity index is 1030. The average molecular weight is 410 g/mol. The van der Waals surface area contributed by atoms with Crippen LogP contribution in [0.2, 0.25) is 0 Å². The van der Waals surface area contributed by atoms with Crippen LogP contribution in [0.3, 0.4) is 0 Å². The van der Waals surface area contributed by atoms with Crippen LogP contribution in [-0.4, -0.2) is 83.6 Å². The number of aromatic amines is 1. The van der Waals surface area contributed by atoms with Crippen molar-refractivity contribution in [1.29, 1.82) is 0 Å². The smallest absolute Gasteiger partial charge is 0.171 e. The summed E-state index contributed by atoms with van der Waals surface area (Å²) in [6, 6.07) is 4.13. The average Bonchev–Trinajstić information content (AvgIpc) is 3.52. The number of fused-ring (bicyclic) bond motifs is 3. The maximum atomic E-state index is 6.09. The van der Waals surface area contributed by atoms with Crippen LogP contribution >= 0.6 is 0 Å². The first-order valence-corrected chi connectivity index (χ1v) is 10.6. The Balaban J connectivity index is 1.54. The van der Waals surface area contributed by atoms with E-state index in [1.54, 1.807) is 6.20 Å². The minimum atomic E-state index is 0.305. The Labute approximate surface area is 174 Å². The van der Waals surface area contributed by atoms with Crippen molar-refractivity contribution < 1.29 is 9.47 Å². The molecule has 3 aromatic heterocycles. The number of pyridine rings is 1. The van der Waals surface area contributed by atoms with E-state index in [1.165, 1.54) is 0 Å². The topological polar surface area (TPSA) is 96.4 Å². The number of hydrogen-bond acceptors (Lipinski definition) is 8. The second kappa shape index (κ2) is 7.13. The summed E-state index contributed by atoms with van der Waals surface area (Å²) < 4.78 is 13.5. The van der Waals surface area contributed by atoms with Gasteiger partial charge in [-0.25, -0.2) is 4.98 Å². The van der Waals surface area contributed by atoms with Crippen molar-refractivity contribution in [3.05, 3.63) is 18.3 Å². The highest BCUT2D eigenvalue weighted by Gasteiger charge is 2.35. The molecule has 30 heavy (non-hydrogen) atoms. The van der Waals surface area contributed by atoms with Crippen LogP contribution in [0.4, 0.5) is 17.3 Å². The van der Waals surface area contributed by atoms with Gasteiger partial charge >= 0.3 is 0 Å². The van der Waals surface area contributed by atoms with E-state index in [0.717, 1.165) is 86.4 Å². The van der Waals surface area contributed by atoms with Gasteiger partial charge in [-0.3, -0.25) is 5.10 Å². The number of nitrogens with zero attached hydrogens (tertiary/aromatic N) is 6. The molecule has 0 aromatic carbocycles. The first-order chi connectivity index (χ1) is 14.8. The summed E-state index contributed by atoms with van der Waals surface area (Å²) in [6.07, 6.45) is 4.61. The van der Waals surface area contributed by atoms with Crippen molar-refractivity contribution in [3.8, 4) is 5.82 Å². The maximum absolute atomic E-state index is 6.09. The molecule has 6 heterocycles. The molecule has 0 aliphatic carbocycles. The van der Waals surface area contributed by atoms with Crippen molar-refractivity contribution >= 4 is 28.4 Å². The van der Waals surface area contributed by atoms with Gasteiger partial charge in [0.15, 0.2) is 17.3 Å². The van der Waals surface area contributed by atoms with E-state index in [9.17, 15) is 0 Å². The Hall–Kier alpha value is -2.85. The van der Waals surface area contributed by atoms with Crippen LogP contribution in [0, 0.1) is 0 Å². The molecule has 2 atom stereocenters. The molecule has 2 N–H and O–H groups in total. The van der Waals surface area contributed by atoms with E-state index in [0.29, 0.717) is 12.2 Å². The van der Waals surface area contributed by atoms with Gasteiger partial charge in [0.2, 0.25) is 0 Å². The third-order valence-electron chi connectivity index (χ3n) is 6.27. The van der Waals surface area contributed by atoms with E-state index in [4.69, 9.17) is 19.6 Å². The highest BCUT2D eigenvalue weighted by atomic mass is 16.5. The molecule has 10 nitrogen and oxygen atoms in total. The lowest BCUT2D eigenvalue weighted by Crippen LogP contribution is -2.43. The predicted molar refractivity (Wildman–Crippen MR) is 114 cm³/mol. The molecule has 3 aliphatic heterocycles. The van der Waals surface area contributed by atoms with Gasteiger partial charge < -0.3 is 24.6 Å². The Morgan fingerprint density at radius 3 is 2.63 bits per heavy atom. The van der Waals surface area contributed by atoms with Gasteiger partial charge in [-0.1, -0.05) is 0 Å². The molecule has 3 aromatic rings. The molecule has 10 heteroatoms. The highest BCUT2D eigenvalue weighted by Crippen LogP contribution is 2.39. The normalized spacial score (nSPS) is 24.0. The summed E-state index contributed by atoms with van der Waals surface area (Å²) in [5, 5.41) is 16.2. The molecule has 3 saturated heterocycles. The van der Waals surface area contributed by atoms with Crippen LogP contribution in [0.25, 0.3) is 16.9 Å². The van der Waals surface area contributed by atoms with Crippen molar-refractivity contribution in [2.75, 3.05) is 61.6 Å².